The zero-order chi connectivity index (χ0) is 13.8. The number of halogens is 2. The summed E-state index contributed by atoms with van der Waals surface area (Å²) in [4.78, 5) is 11.8. The first-order valence-corrected chi connectivity index (χ1v) is 6.19. The Hall–Kier alpha value is -1.91. The number of benzene rings is 2. The monoisotopic (exact) mass is 295 g/mol. The average Bonchev–Trinajstić information content (AvgIpc) is 2.37. The zero-order valence-electron chi connectivity index (χ0n) is 9.78. The topological polar surface area (TPSA) is 67.1 Å². The van der Waals surface area contributed by atoms with Gasteiger partial charge >= 0.3 is 6.03 Å². The molecule has 2 aromatic carbocycles. The van der Waals surface area contributed by atoms with Crippen LogP contribution >= 0.6 is 23.2 Å². The van der Waals surface area contributed by atoms with Gasteiger partial charge in [0.05, 0.1) is 22.1 Å². The Morgan fingerprint density at radius 1 is 1.00 bits per heavy atom. The second-order valence-electron chi connectivity index (χ2n) is 3.79. The van der Waals surface area contributed by atoms with Crippen molar-refractivity contribution in [1.82, 2.24) is 0 Å². The maximum absolute atomic E-state index is 11.8. The summed E-state index contributed by atoms with van der Waals surface area (Å²) < 4.78 is 0. The predicted molar refractivity (Wildman–Crippen MR) is 80.0 cm³/mol. The normalized spacial score (nSPS) is 10.0. The van der Waals surface area contributed by atoms with Crippen LogP contribution in [0.15, 0.2) is 42.5 Å². The van der Waals surface area contributed by atoms with Crippen molar-refractivity contribution < 1.29 is 4.79 Å². The SMILES string of the molecule is Nc1ccccc1NC(=O)Nc1cc(Cl)ccc1Cl. The fraction of sp³-hybridized carbons (Fsp3) is 0. The number of para-hydroxylation sites is 2. The summed E-state index contributed by atoms with van der Waals surface area (Å²) in [7, 11) is 0. The van der Waals surface area contributed by atoms with Crippen molar-refractivity contribution in [2.45, 2.75) is 0 Å². The molecule has 0 aromatic heterocycles. The maximum atomic E-state index is 11.8. The lowest BCUT2D eigenvalue weighted by Crippen LogP contribution is -2.20. The molecule has 6 heteroatoms. The molecule has 0 fully saturated rings. The van der Waals surface area contributed by atoms with Crippen LogP contribution < -0.4 is 16.4 Å². The van der Waals surface area contributed by atoms with Gasteiger partial charge in [0.25, 0.3) is 0 Å². The van der Waals surface area contributed by atoms with Crippen molar-refractivity contribution in [3.05, 3.63) is 52.5 Å². The molecule has 0 aliphatic heterocycles. The molecule has 0 radical (unpaired) electrons. The van der Waals surface area contributed by atoms with E-state index in [9.17, 15) is 4.79 Å². The Bertz CT molecular complexity index is 617. The molecule has 98 valence electrons. The molecule has 0 saturated carbocycles. The molecule has 0 bridgehead atoms. The molecule has 2 rings (SSSR count). The number of rotatable bonds is 2. The third-order valence-electron chi connectivity index (χ3n) is 2.39. The molecular formula is C13H11Cl2N3O. The number of nitrogens with two attached hydrogens (primary N) is 1. The van der Waals surface area contributed by atoms with Gasteiger partial charge in [0, 0.05) is 5.02 Å². The third kappa shape index (κ3) is 3.53. The van der Waals surface area contributed by atoms with E-state index in [0.717, 1.165) is 0 Å². The minimum atomic E-state index is -0.443. The summed E-state index contributed by atoms with van der Waals surface area (Å²) in [5.74, 6) is 0. The first-order chi connectivity index (χ1) is 9.06. The number of anilines is 3. The molecule has 2 aromatic rings. The highest BCUT2D eigenvalue weighted by molar-refractivity contribution is 6.35. The van der Waals surface area contributed by atoms with Crippen molar-refractivity contribution >= 4 is 46.3 Å². The van der Waals surface area contributed by atoms with Gasteiger partial charge in [0.1, 0.15) is 0 Å². The second-order valence-corrected chi connectivity index (χ2v) is 4.63. The van der Waals surface area contributed by atoms with Crippen LogP contribution in [0.3, 0.4) is 0 Å². The third-order valence-corrected chi connectivity index (χ3v) is 2.95. The van der Waals surface area contributed by atoms with Crippen LogP contribution in [0.2, 0.25) is 10.0 Å². The Morgan fingerprint density at radius 2 is 1.68 bits per heavy atom. The average molecular weight is 296 g/mol. The molecule has 0 heterocycles. The smallest absolute Gasteiger partial charge is 0.323 e. The highest BCUT2D eigenvalue weighted by Gasteiger charge is 2.07. The fourth-order valence-electron chi connectivity index (χ4n) is 1.48. The van der Waals surface area contributed by atoms with E-state index in [1.165, 1.54) is 0 Å². The lowest BCUT2D eigenvalue weighted by molar-refractivity contribution is 0.262. The van der Waals surface area contributed by atoms with Gasteiger partial charge in [-0.3, -0.25) is 0 Å². The number of carbonyl (C=O) groups is 1. The van der Waals surface area contributed by atoms with Gasteiger partial charge in [-0.2, -0.15) is 0 Å². The summed E-state index contributed by atoms with van der Waals surface area (Å²) in [6.07, 6.45) is 0. The van der Waals surface area contributed by atoms with Gasteiger partial charge in [0.15, 0.2) is 0 Å². The number of hydrogen-bond donors (Lipinski definition) is 3. The van der Waals surface area contributed by atoms with Crippen LogP contribution in [0, 0.1) is 0 Å². The fourth-order valence-corrected chi connectivity index (χ4v) is 1.82. The van der Waals surface area contributed by atoms with E-state index in [-0.39, 0.29) is 0 Å². The summed E-state index contributed by atoms with van der Waals surface area (Å²) in [5.41, 5.74) is 7.17. The molecule has 2 amide bonds. The minimum Gasteiger partial charge on any atom is -0.397 e. The number of amides is 2. The van der Waals surface area contributed by atoms with Crippen molar-refractivity contribution in [3.8, 4) is 0 Å². The van der Waals surface area contributed by atoms with Crippen molar-refractivity contribution in [1.29, 1.82) is 0 Å². The minimum absolute atomic E-state index is 0.403. The Balaban J connectivity index is 2.10. The van der Waals surface area contributed by atoms with Crippen molar-refractivity contribution in [2.24, 2.45) is 0 Å². The van der Waals surface area contributed by atoms with Crippen LogP contribution in [-0.2, 0) is 0 Å². The molecular weight excluding hydrogens is 285 g/mol. The molecule has 0 spiro atoms. The predicted octanol–water partition coefficient (Wildman–Crippen LogP) is 4.22. The quantitative estimate of drug-likeness (QED) is 0.726. The van der Waals surface area contributed by atoms with Gasteiger partial charge in [0.2, 0.25) is 0 Å². The molecule has 0 unspecified atom stereocenters. The summed E-state index contributed by atoms with van der Waals surface area (Å²) in [6.45, 7) is 0. The first-order valence-electron chi connectivity index (χ1n) is 5.44. The maximum Gasteiger partial charge on any atom is 0.323 e. The molecule has 19 heavy (non-hydrogen) atoms. The standard InChI is InChI=1S/C13H11Cl2N3O/c14-8-5-6-9(15)12(7-8)18-13(19)17-11-4-2-1-3-10(11)16/h1-7H,16H2,(H2,17,18,19). The molecule has 0 atom stereocenters. The second kappa shape index (κ2) is 5.82. The van der Waals surface area contributed by atoms with E-state index in [1.54, 1.807) is 42.5 Å². The van der Waals surface area contributed by atoms with Crippen LogP contribution in [0.1, 0.15) is 0 Å². The zero-order valence-corrected chi connectivity index (χ0v) is 11.3. The molecule has 0 aliphatic carbocycles. The van der Waals surface area contributed by atoms with E-state index in [4.69, 9.17) is 28.9 Å². The Labute approximate surface area is 120 Å². The van der Waals surface area contributed by atoms with E-state index in [2.05, 4.69) is 10.6 Å². The summed E-state index contributed by atoms with van der Waals surface area (Å²) in [6, 6.07) is 11.3. The molecule has 4 nitrogen and oxygen atoms in total. The van der Waals surface area contributed by atoms with Crippen LogP contribution in [0.4, 0.5) is 21.9 Å². The number of nitrogens with one attached hydrogen (secondary N) is 2. The number of hydrogen-bond acceptors (Lipinski definition) is 2. The van der Waals surface area contributed by atoms with Crippen molar-refractivity contribution in [3.63, 3.8) is 0 Å². The van der Waals surface area contributed by atoms with Gasteiger partial charge < -0.3 is 16.4 Å². The molecule has 0 aliphatic rings. The van der Waals surface area contributed by atoms with E-state index in [1.807, 2.05) is 0 Å². The Morgan fingerprint density at radius 3 is 2.42 bits per heavy atom. The number of carbonyl (C=O) groups excluding carboxylic acids is 1. The lowest BCUT2D eigenvalue weighted by atomic mass is 10.3. The van der Waals surface area contributed by atoms with E-state index >= 15 is 0 Å². The van der Waals surface area contributed by atoms with E-state index < -0.39 is 6.03 Å². The number of nitrogen functional groups attached to an aromatic ring is 1. The highest BCUT2D eigenvalue weighted by atomic mass is 35.5. The summed E-state index contributed by atoms with van der Waals surface area (Å²) >= 11 is 11.8. The molecule has 0 saturated heterocycles. The van der Waals surface area contributed by atoms with Gasteiger partial charge in [-0.25, -0.2) is 4.79 Å². The lowest BCUT2D eigenvalue weighted by Gasteiger charge is -2.10. The van der Waals surface area contributed by atoms with Crippen LogP contribution in [0.5, 0.6) is 0 Å². The number of urea groups is 1. The van der Waals surface area contributed by atoms with Crippen LogP contribution in [-0.4, -0.2) is 6.03 Å². The van der Waals surface area contributed by atoms with E-state index in [0.29, 0.717) is 27.1 Å². The summed E-state index contributed by atoms with van der Waals surface area (Å²) in [5, 5.41) is 6.12. The van der Waals surface area contributed by atoms with Crippen LogP contribution in [0.25, 0.3) is 0 Å². The van der Waals surface area contributed by atoms with Gasteiger partial charge in [-0.05, 0) is 30.3 Å². The Kier molecular flexibility index (Phi) is 4.14. The van der Waals surface area contributed by atoms with Gasteiger partial charge in [-0.15, -0.1) is 0 Å². The van der Waals surface area contributed by atoms with Gasteiger partial charge in [-0.1, -0.05) is 35.3 Å². The first kappa shape index (κ1) is 13.5. The highest BCUT2D eigenvalue weighted by Crippen LogP contribution is 2.25. The van der Waals surface area contributed by atoms with Crippen molar-refractivity contribution in [2.75, 3.05) is 16.4 Å². The molecule has 4 N–H and O–H groups in total. The largest absolute Gasteiger partial charge is 0.397 e.